The van der Waals surface area contributed by atoms with Gasteiger partial charge >= 0.3 is 6.03 Å². The monoisotopic (exact) mass is 448 g/mol. The first kappa shape index (κ1) is 21.7. The summed E-state index contributed by atoms with van der Waals surface area (Å²) in [6, 6.07) is 9.03. The molecule has 4 bridgehead atoms. The molecule has 6 rings (SSSR count). The van der Waals surface area contributed by atoms with E-state index >= 15 is 0 Å². The molecule has 3 amide bonds. The average molecular weight is 449 g/mol. The Kier molecular flexibility index (Phi) is 5.96. The van der Waals surface area contributed by atoms with Crippen molar-refractivity contribution in [2.24, 2.45) is 17.8 Å². The third-order valence-corrected chi connectivity index (χ3v) is 7.38. The van der Waals surface area contributed by atoms with E-state index in [4.69, 9.17) is 4.74 Å². The van der Waals surface area contributed by atoms with Gasteiger partial charge in [-0.15, -0.1) is 0 Å². The van der Waals surface area contributed by atoms with Gasteiger partial charge in [0.1, 0.15) is 11.5 Å². The van der Waals surface area contributed by atoms with Crippen molar-refractivity contribution in [1.82, 2.24) is 15.6 Å². The van der Waals surface area contributed by atoms with Crippen molar-refractivity contribution in [3.63, 3.8) is 0 Å². The average Bonchev–Trinajstić information content (AvgIpc) is 2.75. The van der Waals surface area contributed by atoms with Gasteiger partial charge in [0.05, 0.1) is 6.20 Å². The van der Waals surface area contributed by atoms with Crippen molar-refractivity contribution in [2.45, 2.75) is 57.4 Å². The molecule has 0 unspecified atom stereocenters. The van der Waals surface area contributed by atoms with Crippen molar-refractivity contribution < 1.29 is 14.3 Å². The van der Waals surface area contributed by atoms with Gasteiger partial charge in [-0.05, 0) is 99.1 Å². The van der Waals surface area contributed by atoms with E-state index in [1.807, 2.05) is 37.3 Å². The van der Waals surface area contributed by atoms with Crippen molar-refractivity contribution in [3.8, 4) is 11.5 Å². The number of rotatable bonds is 7. The molecule has 33 heavy (non-hydrogen) atoms. The Morgan fingerprint density at radius 3 is 2.45 bits per heavy atom. The lowest BCUT2D eigenvalue weighted by Crippen LogP contribution is -2.61. The van der Waals surface area contributed by atoms with E-state index in [0.29, 0.717) is 23.7 Å². The van der Waals surface area contributed by atoms with Crippen molar-refractivity contribution >= 4 is 17.6 Å². The molecular weight excluding hydrogens is 416 g/mol. The molecule has 7 nitrogen and oxygen atoms in total. The molecule has 4 aliphatic carbocycles. The Labute approximate surface area is 194 Å². The molecule has 4 fully saturated rings. The summed E-state index contributed by atoms with van der Waals surface area (Å²) in [6.07, 6.45) is 11.0. The van der Waals surface area contributed by atoms with Crippen molar-refractivity contribution in [2.75, 3.05) is 11.9 Å². The summed E-state index contributed by atoms with van der Waals surface area (Å²) >= 11 is 0. The number of carbonyl (C=O) groups is 2. The number of nitrogens with zero attached hydrogens (tertiary/aromatic N) is 1. The number of amides is 3. The minimum absolute atomic E-state index is 0.0156. The molecule has 1 aromatic carbocycles. The number of pyridine rings is 1. The van der Waals surface area contributed by atoms with Crippen LogP contribution in [0.1, 0.15) is 50.5 Å². The van der Waals surface area contributed by atoms with E-state index in [2.05, 4.69) is 20.9 Å². The third-order valence-electron chi connectivity index (χ3n) is 7.38. The molecule has 0 spiro atoms. The van der Waals surface area contributed by atoms with Crippen LogP contribution in [0.3, 0.4) is 0 Å². The summed E-state index contributed by atoms with van der Waals surface area (Å²) in [6.45, 7) is 2.24. The van der Waals surface area contributed by atoms with Crippen LogP contribution < -0.4 is 20.7 Å². The first-order valence-corrected chi connectivity index (χ1v) is 12.0. The maximum atomic E-state index is 12.5. The van der Waals surface area contributed by atoms with E-state index < -0.39 is 0 Å². The zero-order chi connectivity index (χ0) is 22.8. The Balaban J connectivity index is 1.07. The largest absolute Gasteiger partial charge is 0.455 e. The number of aromatic nitrogens is 1. The highest BCUT2D eigenvalue weighted by molar-refractivity contribution is 5.91. The first-order valence-electron chi connectivity index (χ1n) is 12.0. The fourth-order valence-corrected chi connectivity index (χ4v) is 6.44. The van der Waals surface area contributed by atoms with E-state index in [1.165, 1.54) is 19.3 Å². The molecule has 4 saturated carbocycles. The minimum atomic E-state index is -0.141. The smallest absolute Gasteiger partial charge is 0.315 e. The third kappa shape index (κ3) is 5.13. The predicted molar refractivity (Wildman–Crippen MR) is 126 cm³/mol. The van der Waals surface area contributed by atoms with E-state index in [1.54, 1.807) is 12.4 Å². The van der Waals surface area contributed by atoms with Crippen LogP contribution in [-0.2, 0) is 4.79 Å². The van der Waals surface area contributed by atoms with Crippen LogP contribution in [0.15, 0.2) is 42.7 Å². The minimum Gasteiger partial charge on any atom is -0.455 e. The van der Waals surface area contributed by atoms with Crippen molar-refractivity contribution in [1.29, 1.82) is 0 Å². The number of anilines is 1. The number of urea groups is 1. The molecule has 3 N–H and O–H groups in total. The van der Waals surface area contributed by atoms with Crippen molar-refractivity contribution in [3.05, 3.63) is 48.3 Å². The molecule has 1 aromatic heterocycles. The van der Waals surface area contributed by atoms with Gasteiger partial charge in [-0.1, -0.05) is 0 Å². The molecule has 7 heteroatoms. The second kappa shape index (κ2) is 9.04. The lowest BCUT2D eigenvalue weighted by molar-refractivity contribution is -0.116. The quantitative estimate of drug-likeness (QED) is 0.568. The standard InChI is InChI=1S/C26H32N4O3/c1-17-9-21(4-5-23(17)33-22-3-2-7-27-16-22)29-24(31)6-8-28-25(32)30-26-13-18-10-19(14-26)12-20(11-18)15-26/h2-5,7,9,16,18-20H,6,8,10-15H2,1H3,(H,29,31)(H2,28,30,32). The van der Waals surface area contributed by atoms with E-state index in [0.717, 1.165) is 42.6 Å². The van der Waals surface area contributed by atoms with Crippen LogP contribution in [0, 0.1) is 24.7 Å². The van der Waals surface area contributed by atoms with Gasteiger partial charge in [-0.3, -0.25) is 9.78 Å². The van der Waals surface area contributed by atoms with Gasteiger partial charge in [0, 0.05) is 30.4 Å². The second-order valence-corrected chi connectivity index (χ2v) is 10.1. The molecule has 0 radical (unpaired) electrons. The molecule has 2 aromatic rings. The zero-order valence-electron chi connectivity index (χ0n) is 19.1. The topological polar surface area (TPSA) is 92.4 Å². The summed E-state index contributed by atoms with van der Waals surface area (Å²) in [4.78, 5) is 28.9. The number of nitrogens with one attached hydrogen (secondary N) is 3. The Hall–Kier alpha value is -3.09. The number of ether oxygens (including phenoxy) is 1. The lowest BCUT2D eigenvalue weighted by Gasteiger charge is -2.56. The van der Waals surface area contributed by atoms with E-state index in [-0.39, 0.29) is 23.9 Å². The summed E-state index contributed by atoms with van der Waals surface area (Å²) in [5.74, 6) is 3.59. The molecule has 4 aliphatic rings. The molecule has 0 atom stereocenters. The van der Waals surface area contributed by atoms with Gasteiger partial charge in [0.25, 0.3) is 0 Å². The Morgan fingerprint density at radius 1 is 1.09 bits per heavy atom. The number of aryl methyl sites for hydroxylation is 1. The molecule has 174 valence electrons. The van der Waals surface area contributed by atoms with Crippen LogP contribution in [0.25, 0.3) is 0 Å². The van der Waals surface area contributed by atoms with Gasteiger partial charge in [-0.2, -0.15) is 0 Å². The normalized spacial score (nSPS) is 27.1. The Bertz CT molecular complexity index is 988. The predicted octanol–water partition coefficient (Wildman–Crippen LogP) is 4.78. The Morgan fingerprint density at radius 2 is 1.82 bits per heavy atom. The summed E-state index contributed by atoms with van der Waals surface area (Å²) in [5, 5.41) is 9.06. The van der Waals surface area contributed by atoms with Gasteiger partial charge in [0.2, 0.25) is 5.91 Å². The number of hydrogen-bond acceptors (Lipinski definition) is 4. The summed E-state index contributed by atoms with van der Waals surface area (Å²) in [5.41, 5.74) is 1.59. The number of benzene rings is 1. The SMILES string of the molecule is Cc1cc(NC(=O)CCNC(=O)NC23CC4CC(CC(C4)C2)C3)ccc1Oc1cccnc1. The second-order valence-electron chi connectivity index (χ2n) is 10.1. The molecule has 0 saturated heterocycles. The van der Waals surface area contributed by atoms with Crippen LogP contribution in [-0.4, -0.2) is 29.0 Å². The van der Waals surface area contributed by atoms with Crippen LogP contribution >= 0.6 is 0 Å². The lowest BCUT2D eigenvalue weighted by atomic mass is 9.53. The molecule has 0 aliphatic heterocycles. The maximum absolute atomic E-state index is 12.5. The molecule has 1 heterocycles. The fourth-order valence-electron chi connectivity index (χ4n) is 6.44. The summed E-state index contributed by atoms with van der Waals surface area (Å²) in [7, 11) is 0. The fraction of sp³-hybridized carbons (Fsp3) is 0.500. The van der Waals surface area contributed by atoms with Gasteiger partial charge in [0.15, 0.2) is 0 Å². The number of carbonyl (C=O) groups excluding carboxylic acids is 2. The maximum Gasteiger partial charge on any atom is 0.315 e. The van der Waals surface area contributed by atoms with Crippen LogP contribution in [0.4, 0.5) is 10.5 Å². The number of hydrogen-bond donors (Lipinski definition) is 3. The van der Waals surface area contributed by atoms with Crippen LogP contribution in [0.2, 0.25) is 0 Å². The zero-order valence-corrected chi connectivity index (χ0v) is 19.1. The highest BCUT2D eigenvalue weighted by atomic mass is 16.5. The first-order chi connectivity index (χ1) is 16.0. The van der Waals surface area contributed by atoms with Gasteiger partial charge < -0.3 is 20.7 Å². The highest BCUT2D eigenvalue weighted by Crippen LogP contribution is 2.55. The summed E-state index contributed by atoms with van der Waals surface area (Å²) < 4.78 is 5.83. The van der Waals surface area contributed by atoms with E-state index in [9.17, 15) is 9.59 Å². The van der Waals surface area contributed by atoms with Gasteiger partial charge in [-0.25, -0.2) is 4.79 Å². The van der Waals surface area contributed by atoms with Crippen LogP contribution in [0.5, 0.6) is 11.5 Å². The highest BCUT2D eigenvalue weighted by Gasteiger charge is 2.51. The molecular formula is C26H32N4O3.